The molecule has 2 aromatic rings. The third-order valence-electron chi connectivity index (χ3n) is 6.42. The maximum absolute atomic E-state index is 13.0. The predicted molar refractivity (Wildman–Crippen MR) is 125 cm³/mol. The number of sulfonamides is 1. The molecule has 3 N–H and O–H groups in total. The topological polar surface area (TPSA) is 128 Å². The van der Waals surface area contributed by atoms with E-state index in [0.29, 0.717) is 30.9 Å². The molecule has 0 aromatic carbocycles. The van der Waals surface area contributed by atoms with Crippen LogP contribution in [-0.2, 0) is 21.0 Å². The van der Waals surface area contributed by atoms with Crippen LogP contribution in [0, 0.1) is 0 Å². The van der Waals surface area contributed by atoms with Gasteiger partial charge in [-0.15, -0.1) is 0 Å². The van der Waals surface area contributed by atoms with Gasteiger partial charge in [0.05, 0.1) is 5.56 Å². The number of amides is 1. The van der Waals surface area contributed by atoms with E-state index in [1.54, 1.807) is 6.07 Å². The highest BCUT2D eigenvalue weighted by Gasteiger charge is 2.43. The first kappa shape index (κ1) is 26.4. The number of fused-ring (bicyclic) bond motifs is 2. The van der Waals surface area contributed by atoms with Crippen molar-refractivity contribution in [2.24, 2.45) is 5.14 Å². The molecule has 2 aliphatic heterocycles. The zero-order chi connectivity index (χ0) is 26.5. The fraction of sp³-hybridized carbons (Fsp3) is 0.500. The molecule has 2 fully saturated rings. The standard InChI is InChI=1S/C22H25ClF3N5O4S/c1-21(2,35-19-17(23)7-12(10-29-19)22(24,25)26)20(32)30-13-8-14-3-4-15(9-13)31(14)18-6-5-16(11-28-18)36(27,33)34/h5-7,10-11,13-15H,3-4,8-9H2,1-2H3,(H,30,32)(H2,27,33,34). The zero-order valence-electron chi connectivity index (χ0n) is 19.4. The summed E-state index contributed by atoms with van der Waals surface area (Å²) in [7, 11) is -3.84. The summed E-state index contributed by atoms with van der Waals surface area (Å²) in [5.74, 6) is -0.0752. The lowest BCUT2D eigenvalue weighted by Crippen LogP contribution is -2.55. The molecule has 2 aromatic heterocycles. The fourth-order valence-electron chi connectivity index (χ4n) is 4.67. The third kappa shape index (κ3) is 5.52. The maximum Gasteiger partial charge on any atom is 0.417 e. The molecule has 0 saturated carbocycles. The summed E-state index contributed by atoms with van der Waals surface area (Å²) < 4.78 is 67.2. The molecule has 2 aliphatic rings. The minimum atomic E-state index is -4.60. The highest BCUT2D eigenvalue weighted by atomic mass is 35.5. The number of ether oxygens (including phenoxy) is 1. The van der Waals surface area contributed by atoms with Crippen LogP contribution in [0.15, 0.2) is 35.5 Å². The monoisotopic (exact) mass is 547 g/mol. The van der Waals surface area contributed by atoms with Crippen molar-refractivity contribution in [3.8, 4) is 5.88 Å². The van der Waals surface area contributed by atoms with E-state index < -0.39 is 33.3 Å². The molecule has 36 heavy (non-hydrogen) atoms. The molecule has 4 heterocycles. The fourth-order valence-corrected chi connectivity index (χ4v) is 5.33. The molecule has 0 radical (unpaired) electrons. The predicted octanol–water partition coefficient (Wildman–Crippen LogP) is 3.27. The van der Waals surface area contributed by atoms with Gasteiger partial charge in [0, 0.05) is 30.5 Å². The lowest BCUT2D eigenvalue weighted by atomic mass is 9.96. The second-order valence-corrected chi connectivity index (χ2v) is 11.4. The van der Waals surface area contributed by atoms with Crippen LogP contribution in [0.3, 0.4) is 0 Å². The number of halogens is 4. The van der Waals surface area contributed by atoms with E-state index in [0.717, 1.165) is 12.8 Å². The number of aromatic nitrogens is 2. The van der Waals surface area contributed by atoms with Gasteiger partial charge in [-0.3, -0.25) is 4.79 Å². The number of anilines is 1. The Balaban J connectivity index is 1.40. The number of primary sulfonamides is 1. The molecule has 0 spiro atoms. The van der Waals surface area contributed by atoms with Gasteiger partial charge in [-0.05, 0) is 57.7 Å². The lowest BCUT2D eigenvalue weighted by Gasteiger charge is -2.40. The van der Waals surface area contributed by atoms with Crippen LogP contribution in [0.1, 0.15) is 45.1 Å². The molecule has 9 nitrogen and oxygen atoms in total. The SMILES string of the molecule is CC(C)(Oc1ncc(C(F)(F)F)cc1Cl)C(=O)NC1CC2CCC(C1)N2c1ccc(S(N)(=O)=O)cn1. The molecular formula is C22H25ClF3N5O4S. The number of nitrogens with two attached hydrogens (primary N) is 1. The molecule has 196 valence electrons. The number of piperidine rings is 1. The van der Waals surface area contributed by atoms with Crippen molar-refractivity contribution in [2.45, 2.75) is 74.3 Å². The second kappa shape index (κ2) is 9.34. The minimum Gasteiger partial charge on any atom is -0.460 e. The molecule has 14 heteroatoms. The van der Waals surface area contributed by atoms with Gasteiger partial charge >= 0.3 is 6.18 Å². The molecule has 2 bridgehead atoms. The first-order chi connectivity index (χ1) is 16.6. The van der Waals surface area contributed by atoms with Crippen molar-refractivity contribution >= 4 is 33.3 Å². The molecule has 4 rings (SSSR count). The number of carbonyl (C=O) groups excluding carboxylic acids is 1. The van der Waals surface area contributed by atoms with E-state index in [1.807, 2.05) is 0 Å². The van der Waals surface area contributed by atoms with Crippen LogP contribution in [0.4, 0.5) is 19.0 Å². The Hall–Kier alpha value is -2.64. The highest BCUT2D eigenvalue weighted by Crippen LogP contribution is 2.39. The van der Waals surface area contributed by atoms with Gasteiger partial charge < -0.3 is 15.0 Å². The highest BCUT2D eigenvalue weighted by molar-refractivity contribution is 7.89. The van der Waals surface area contributed by atoms with Crippen LogP contribution in [0.5, 0.6) is 5.88 Å². The molecule has 2 atom stereocenters. The number of rotatable bonds is 6. The first-order valence-electron chi connectivity index (χ1n) is 11.1. The van der Waals surface area contributed by atoms with Gasteiger partial charge in [-0.2, -0.15) is 13.2 Å². The Morgan fingerprint density at radius 1 is 1.17 bits per heavy atom. The molecule has 1 amide bonds. The second-order valence-electron chi connectivity index (χ2n) is 9.45. The van der Waals surface area contributed by atoms with Gasteiger partial charge in [0.15, 0.2) is 5.60 Å². The van der Waals surface area contributed by atoms with Gasteiger partial charge in [0.25, 0.3) is 5.91 Å². The van der Waals surface area contributed by atoms with Gasteiger partial charge in [0.1, 0.15) is 15.7 Å². The number of pyridine rings is 2. The summed E-state index contributed by atoms with van der Waals surface area (Å²) >= 11 is 5.92. The van der Waals surface area contributed by atoms with E-state index in [-0.39, 0.29) is 33.9 Å². The van der Waals surface area contributed by atoms with Crippen molar-refractivity contribution in [1.82, 2.24) is 15.3 Å². The summed E-state index contributed by atoms with van der Waals surface area (Å²) in [6, 6.07) is 3.78. The summed E-state index contributed by atoms with van der Waals surface area (Å²) in [6.07, 6.45) is 0.286. The van der Waals surface area contributed by atoms with Crippen LogP contribution in [-0.4, -0.2) is 48.0 Å². The minimum absolute atomic E-state index is 0.0642. The van der Waals surface area contributed by atoms with Gasteiger partial charge in [-0.1, -0.05) is 11.6 Å². The Bertz CT molecular complexity index is 1240. The molecular weight excluding hydrogens is 523 g/mol. The van der Waals surface area contributed by atoms with Crippen LogP contribution < -0.4 is 20.1 Å². The lowest BCUT2D eigenvalue weighted by molar-refractivity contribution is -0.138. The number of hydrogen-bond donors (Lipinski definition) is 2. The number of alkyl halides is 3. The summed E-state index contributed by atoms with van der Waals surface area (Å²) in [4.78, 5) is 23.0. The van der Waals surface area contributed by atoms with Crippen LogP contribution >= 0.6 is 11.6 Å². The van der Waals surface area contributed by atoms with E-state index in [1.165, 1.54) is 26.1 Å². The molecule has 2 unspecified atom stereocenters. The van der Waals surface area contributed by atoms with Gasteiger partial charge in [0.2, 0.25) is 15.9 Å². The van der Waals surface area contributed by atoms with E-state index in [4.69, 9.17) is 21.5 Å². The quantitative estimate of drug-likeness (QED) is 0.568. The largest absolute Gasteiger partial charge is 0.460 e. The Kier molecular flexibility index (Phi) is 6.86. The van der Waals surface area contributed by atoms with Crippen molar-refractivity contribution in [1.29, 1.82) is 0 Å². The van der Waals surface area contributed by atoms with Gasteiger partial charge in [-0.25, -0.2) is 23.5 Å². The first-order valence-corrected chi connectivity index (χ1v) is 13.1. The van der Waals surface area contributed by atoms with E-state index >= 15 is 0 Å². The Labute approximate surface area is 211 Å². The van der Waals surface area contributed by atoms with Crippen molar-refractivity contribution in [3.63, 3.8) is 0 Å². The Morgan fingerprint density at radius 2 is 1.81 bits per heavy atom. The van der Waals surface area contributed by atoms with E-state index in [2.05, 4.69) is 20.2 Å². The number of carbonyl (C=O) groups is 1. The van der Waals surface area contributed by atoms with Crippen LogP contribution in [0.25, 0.3) is 0 Å². The summed E-state index contributed by atoms with van der Waals surface area (Å²) in [5.41, 5.74) is -2.46. The average molecular weight is 548 g/mol. The van der Waals surface area contributed by atoms with E-state index in [9.17, 15) is 26.4 Å². The number of nitrogens with one attached hydrogen (secondary N) is 1. The summed E-state index contributed by atoms with van der Waals surface area (Å²) in [5, 5.41) is 7.77. The van der Waals surface area contributed by atoms with Crippen molar-refractivity contribution in [2.75, 3.05) is 4.90 Å². The number of nitrogens with zero attached hydrogens (tertiary/aromatic N) is 3. The maximum atomic E-state index is 13.0. The van der Waals surface area contributed by atoms with Crippen molar-refractivity contribution in [3.05, 3.63) is 41.2 Å². The third-order valence-corrected chi connectivity index (χ3v) is 7.58. The number of hydrogen-bond acceptors (Lipinski definition) is 7. The van der Waals surface area contributed by atoms with Crippen molar-refractivity contribution < 1.29 is 31.1 Å². The molecule has 0 aliphatic carbocycles. The summed E-state index contributed by atoms with van der Waals surface area (Å²) in [6.45, 7) is 2.97. The zero-order valence-corrected chi connectivity index (χ0v) is 21.0. The Morgan fingerprint density at radius 3 is 2.31 bits per heavy atom. The molecule has 2 saturated heterocycles. The normalized spacial score (nSPS) is 22.4. The smallest absolute Gasteiger partial charge is 0.417 e. The average Bonchev–Trinajstić information content (AvgIpc) is 3.04. The van der Waals surface area contributed by atoms with Crippen LogP contribution in [0.2, 0.25) is 5.02 Å².